The lowest BCUT2D eigenvalue weighted by Crippen LogP contribution is -2.23. The van der Waals surface area contributed by atoms with Gasteiger partial charge in [-0.25, -0.2) is 4.98 Å². The molecule has 0 unspecified atom stereocenters. The number of hydrogen-bond acceptors (Lipinski definition) is 5. The van der Waals surface area contributed by atoms with E-state index in [2.05, 4.69) is 10.3 Å². The summed E-state index contributed by atoms with van der Waals surface area (Å²) in [6, 6.07) is 21.6. The van der Waals surface area contributed by atoms with E-state index in [1.165, 1.54) is 18.7 Å². The van der Waals surface area contributed by atoms with Crippen molar-refractivity contribution in [3.8, 4) is 5.69 Å². The first-order chi connectivity index (χ1) is 15.5. The van der Waals surface area contributed by atoms with Crippen LogP contribution in [0.4, 0.5) is 5.69 Å². The molecule has 4 aromatic rings. The van der Waals surface area contributed by atoms with Crippen LogP contribution in [0, 0.1) is 6.92 Å². The predicted octanol–water partition coefficient (Wildman–Crippen LogP) is 4.63. The number of nitrogens with one attached hydrogen (secondary N) is 1. The highest BCUT2D eigenvalue weighted by Gasteiger charge is 2.16. The molecular weight excluding hydrogens is 422 g/mol. The number of thioether (sulfide) groups is 1. The van der Waals surface area contributed by atoms with Crippen LogP contribution in [-0.2, 0) is 4.79 Å². The quantitative estimate of drug-likeness (QED) is 0.267. The second kappa shape index (κ2) is 9.20. The van der Waals surface area contributed by atoms with Crippen LogP contribution in [0.1, 0.15) is 22.8 Å². The number of aromatic nitrogens is 2. The van der Waals surface area contributed by atoms with Crippen molar-refractivity contribution in [2.45, 2.75) is 19.0 Å². The number of rotatable bonds is 6. The molecule has 32 heavy (non-hydrogen) atoms. The van der Waals surface area contributed by atoms with Crippen LogP contribution in [0.5, 0.6) is 0 Å². The summed E-state index contributed by atoms with van der Waals surface area (Å²) in [4.78, 5) is 42.5. The Bertz CT molecular complexity index is 1390. The van der Waals surface area contributed by atoms with E-state index in [-0.39, 0.29) is 23.0 Å². The molecule has 160 valence electrons. The molecule has 1 aromatic heterocycles. The van der Waals surface area contributed by atoms with E-state index in [1.54, 1.807) is 47.0 Å². The first kappa shape index (κ1) is 21.5. The maximum atomic E-state index is 13.3. The molecule has 0 aliphatic carbocycles. The number of anilines is 1. The first-order valence-corrected chi connectivity index (χ1v) is 11.0. The minimum atomic E-state index is -0.289. The molecule has 4 rings (SSSR count). The highest BCUT2D eigenvalue weighted by molar-refractivity contribution is 7.99. The summed E-state index contributed by atoms with van der Waals surface area (Å²) >= 11 is 1.18. The fourth-order valence-corrected chi connectivity index (χ4v) is 4.26. The van der Waals surface area contributed by atoms with Crippen LogP contribution in [0.25, 0.3) is 16.6 Å². The highest BCUT2D eigenvalue weighted by Crippen LogP contribution is 2.24. The summed E-state index contributed by atoms with van der Waals surface area (Å²) in [7, 11) is 0. The molecule has 0 saturated carbocycles. The van der Waals surface area contributed by atoms with Crippen molar-refractivity contribution in [3.05, 3.63) is 94.3 Å². The molecule has 7 heteroatoms. The van der Waals surface area contributed by atoms with Crippen molar-refractivity contribution in [2.24, 2.45) is 0 Å². The average Bonchev–Trinajstić information content (AvgIpc) is 2.79. The largest absolute Gasteiger partial charge is 0.325 e. The topological polar surface area (TPSA) is 81.1 Å². The molecular formula is C25H21N3O3S. The number of amides is 1. The molecule has 3 aromatic carbocycles. The third kappa shape index (κ3) is 4.33. The van der Waals surface area contributed by atoms with Crippen molar-refractivity contribution in [3.63, 3.8) is 0 Å². The Morgan fingerprint density at radius 2 is 1.66 bits per heavy atom. The second-order valence-corrected chi connectivity index (χ2v) is 8.22. The van der Waals surface area contributed by atoms with Gasteiger partial charge in [-0.1, -0.05) is 54.2 Å². The van der Waals surface area contributed by atoms with Crippen molar-refractivity contribution in [1.29, 1.82) is 0 Å². The standard InChI is InChI=1S/C25H21N3O3S/c1-16-9-3-8-14-22(16)28-24(31)19-11-5-7-13-21(19)27-25(28)32-15-23(30)26-20-12-6-4-10-18(20)17(2)29/h3-14H,15H2,1-2H3,(H,26,30). The molecule has 1 amide bonds. The normalized spacial score (nSPS) is 10.8. The van der Waals surface area contributed by atoms with Crippen molar-refractivity contribution in [2.75, 3.05) is 11.1 Å². The number of aryl methyl sites for hydroxylation is 1. The molecule has 0 saturated heterocycles. The van der Waals surface area contributed by atoms with Crippen molar-refractivity contribution >= 4 is 40.0 Å². The van der Waals surface area contributed by atoms with Gasteiger partial charge < -0.3 is 5.32 Å². The predicted molar refractivity (Wildman–Crippen MR) is 128 cm³/mol. The van der Waals surface area contributed by atoms with Crippen LogP contribution in [0.15, 0.2) is 82.7 Å². The summed E-state index contributed by atoms with van der Waals surface area (Å²) in [6.07, 6.45) is 0. The number of carbonyl (C=O) groups excluding carboxylic acids is 2. The third-order valence-electron chi connectivity index (χ3n) is 5.01. The Hall–Kier alpha value is -3.71. The monoisotopic (exact) mass is 443 g/mol. The molecule has 0 radical (unpaired) electrons. The SMILES string of the molecule is CC(=O)c1ccccc1NC(=O)CSc1nc2ccccc2c(=O)n1-c1ccccc1C. The van der Waals surface area contributed by atoms with E-state index in [0.29, 0.717) is 27.3 Å². The van der Waals surface area contributed by atoms with Gasteiger partial charge in [-0.05, 0) is 49.7 Å². The van der Waals surface area contributed by atoms with Crippen LogP contribution in [0.2, 0.25) is 0 Å². The molecule has 0 aliphatic rings. The summed E-state index contributed by atoms with van der Waals surface area (Å²) in [6.45, 7) is 3.39. The van der Waals surface area contributed by atoms with Gasteiger partial charge in [-0.15, -0.1) is 0 Å². The van der Waals surface area contributed by atoms with E-state index in [0.717, 1.165) is 11.3 Å². The van der Waals surface area contributed by atoms with Crippen LogP contribution < -0.4 is 10.9 Å². The van der Waals surface area contributed by atoms with E-state index < -0.39 is 0 Å². The van der Waals surface area contributed by atoms with Crippen LogP contribution in [-0.4, -0.2) is 27.0 Å². The van der Waals surface area contributed by atoms with Gasteiger partial charge in [0.15, 0.2) is 10.9 Å². The number of hydrogen-bond donors (Lipinski definition) is 1. The number of benzene rings is 3. The zero-order valence-electron chi connectivity index (χ0n) is 17.7. The van der Waals surface area contributed by atoms with Gasteiger partial charge in [0.1, 0.15) is 0 Å². The minimum absolute atomic E-state index is 0.0307. The summed E-state index contributed by atoms with van der Waals surface area (Å²) < 4.78 is 1.55. The Kier molecular flexibility index (Phi) is 6.18. The van der Waals surface area contributed by atoms with Crippen LogP contribution in [0.3, 0.4) is 0 Å². The second-order valence-electron chi connectivity index (χ2n) is 7.28. The zero-order chi connectivity index (χ0) is 22.7. The molecule has 1 heterocycles. The third-order valence-corrected chi connectivity index (χ3v) is 5.95. The number of nitrogens with zero attached hydrogens (tertiary/aromatic N) is 2. The molecule has 1 N–H and O–H groups in total. The van der Waals surface area contributed by atoms with Crippen molar-refractivity contribution < 1.29 is 9.59 Å². The number of ketones is 1. The first-order valence-electron chi connectivity index (χ1n) is 10.1. The number of Topliss-reactive ketones (excluding diaryl/α,β-unsaturated/α-hetero) is 1. The lowest BCUT2D eigenvalue weighted by atomic mass is 10.1. The summed E-state index contributed by atoms with van der Waals surface area (Å²) in [5, 5.41) is 3.73. The fraction of sp³-hybridized carbons (Fsp3) is 0.120. The van der Waals surface area contributed by atoms with E-state index in [1.807, 2.05) is 37.3 Å². The van der Waals surface area contributed by atoms with Gasteiger partial charge in [0.2, 0.25) is 5.91 Å². The summed E-state index contributed by atoms with van der Waals surface area (Å²) in [5.41, 5.74) is 2.95. The van der Waals surface area contributed by atoms with Gasteiger partial charge in [0.05, 0.1) is 28.0 Å². The number of para-hydroxylation sites is 3. The highest BCUT2D eigenvalue weighted by atomic mass is 32.2. The Morgan fingerprint density at radius 3 is 2.44 bits per heavy atom. The summed E-state index contributed by atoms with van der Waals surface area (Å²) in [5.74, 6) is -0.385. The van der Waals surface area contributed by atoms with Gasteiger partial charge in [-0.2, -0.15) is 0 Å². The molecule has 6 nitrogen and oxygen atoms in total. The zero-order valence-corrected chi connectivity index (χ0v) is 18.5. The molecule has 0 atom stereocenters. The molecule has 0 fully saturated rings. The Morgan fingerprint density at radius 1 is 0.969 bits per heavy atom. The molecule has 0 aliphatic heterocycles. The number of fused-ring (bicyclic) bond motifs is 1. The molecule has 0 bridgehead atoms. The van der Waals surface area contributed by atoms with E-state index >= 15 is 0 Å². The van der Waals surface area contributed by atoms with Gasteiger partial charge in [-0.3, -0.25) is 19.0 Å². The Labute approximate surface area is 189 Å². The minimum Gasteiger partial charge on any atom is -0.325 e. The van der Waals surface area contributed by atoms with E-state index in [4.69, 9.17) is 0 Å². The van der Waals surface area contributed by atoms with E-state index in [9.17, 15) is 14.4 Å². The smallest absolute Gasteiger partial charge is 0.266 e. The van der Waals surface area contributed by atoms with Crippen LogP contribution >= 0.6 is 11.8 Å². The average molecular weight is 444 g/mol. The number of carbonyl (C=O) groups is 2. The van der Waals surface area contributed by atoms with Gasteiger partial charge in [0.25, 0.3) is 5.56 Å². The van der Waals surface area contributed by atoms with Crippen molar-refractivity contribution in [1.82, 2.24) is 9.55 Å². The maximum absolute atomic E-state index is 13.3. The lowest BCUT2D eigenvalue weighted by molar-refractivity contribution is -0.113. The molecule has 0 spiro atoms. The fourth-order valence-electron chi connectivity index (χ4n) is 3.45. The Balaban J connectivity index is 1.68. The lowest BCUT2D eigenvalue weighted by Gasteiger charge is -2.15. The van der Waals surface area contributed by atoms with Gasteiger partial charge >= 0.3 is 0 Å². The maximum Gasteiger partial charge on any atom is 0.266 e. The van der Waals surface area contributed by atoms with Gasteiger partial charge in [0, 0.05) is 5.56 Å².